The predicted octanol–water partition coefficient (Wildman–Crippen LogP) is 4.56. The summed E-state index contributed by atoms with van der Waals surface area (Å²) < 4.78 is 5.87. The zero-order chi connectivity index (χ0) is 19.7. The Morgan fingerprint density at radius 3 is 2.56 bits per heavy atom. The fourth-order valence-electron chi connectivity index (χ4n) is 4.88. The standard InChI is InChI=1S/C23H29NO3/c1-16-12-17(8-9-20(16)22(2,3)15-24)10-11-23(18-6-4-5-7-18)14-19(25)13-21(26)27-23/h8-9,12,18H,4-7,10-11,13-14H2,1-3H3. The molecule has 1 aliphatic carbocycles. The molecule has 27 heavy (non-hydrogen) atoms. The summed E-state index contributed by atoms with van der Waals surface area (Å²) in [6.45, 7) is 5.89. The third kappa shape index (κ3) is 4.08. The monoisotopic (exact) mass is 367 g/mol. The Bertz CT molecular complexity index is 765. The predicted molar refractivity (Wildman–Crippen MR) is 103 cm³/mol. The van der Waals surface area contributed by atoms with Gasteiger partial charge in [0.25, 0.3) is 0 Å². The Morgan fingerprint density at radius 2 is 1.96 bits per heavy atom. The van der Waals surface area contributed by atoms with E-state index in [4.69, 9.17) is 4.74 Å². The van der Waals surface area contributed by atoms with Gasteiger partial charge in [0.1, 0.15) is 17.8 Å². The van der Waals surface area contributed by atoms with Crippen LogP contribution in [-0.2, 0) is 26.2 Å². The number of hydrogen-bond donors (Lipinski definition) is 0. The van der Waals surface area contributed by atoms with E-state index in [0.29, 0.717) is 18.8 Å². The van der Waals surface area contributed by atoms with Crippen LogP contribution < -0.4 is 0 Å². The van der Waals surface area contributed by atoms with Crippen molar-refractivity contribution in [3.8, 4) is 6.07 Å². The van der Waals surface area contributed by atoms with Crippen molar-refractivity contribution in [3.63, 3.8) is 0 Å². The molecule has 1 aromatic rings. The number of carbonyl (C=O) groups excluding carboxylic acids is 2. The number of rotatable bonds is 5. The topological polar surface area (TPSA) is 67.2 Å². The van der Waals surface area contributed by atoms with Gasteiger partial charge in [-0.1, -0.05) is 31.0 Å². The van der Waals surface area contributed by atoms with Gasteiger partial charge in [-0.2, -0.15) is 5.26 Å². The van der Waals surface area contributed by atoms with Gasteiger partial charge < -0.3 is 4.74 Å². The highest BCUT2D eigenvalue weighted by Crippen LogP contribution is 2.44. The lowest BCUT2D eigenvalue weighted by atomic mass is 9.75. The highest BCUT2D eigenvalue weighted by molar-refractivity contribution is 5.98. The molecular weight excluding hydrogens is 338 g/mol. The van der Waals surface area contributed by atoms with Crippen LogP contribution in [0.1, 0.15) is 75.5 Å². The molecule has 1 aromatic carbocycles. The van der Waals surface area contributed by atoms with Crippen LogP contribution in [0.15, 0.2) is 18.2 Å². The van der Waals surface area contributed by atoms with Gasteiger partial charge in [-0.05, 0) is 69.1 Å². The average molecular weight is 367 g/mol. The molecule has 1 saturated heterocycles. The third-order valence-electron chi connectivity index (χ3n) is 6.33. The summed E-state index contributed by atoms with van der Waals surface area (Å²) >= 11 is 0. The molecule has 3 rings (SSSR count). The van der Waals surface area contributed by atoms with Crippen molar-refractivity contribution in [2.45, 2.75) is 83.2 Å². The Labute approximate surface area is 161 Å². The van der Waals surface area contributed by atoms with E-state index in [-0.39, 0.29) is 18.2 Å². The molecule has 144 valence electrons. The first-order valence-electron chi connectivity index (χ1n) is 10.0. The lowest BCUT2D eigenvalue weighted by molar-refractivity contribution is -0.178. The maximum Gasteiger partial charge on any atom is 0.313 e. The van der Waals surface area contributed by atoms with Gasteiger partial charge in [0.15, 0.2) is 0 Å². The smallest absolute Gasteiger partial charge is 0.313 e. The zero-order valence-corrected chi connectivity index (χ0v) is 16.6. The Hall–Kier alpha value is -2.15. The summed E-state index contributed by atoms with van der Waals surface area (Å²) in [5.41, 5.74) is 2.17. The number of ether oxygens (including phenoxy) is 1. The van der Waals surface area contributed by atoms with Crippen LogP contribution in [0.5, 0.6) is 0 Å². The molecule has 1 aliphatic heterocycles. The van der Waals surface area contributed by atoms with Gasteiger partial charge >= 0.3 is 5.97 Å². The van der Waals surface area contributed by atoms with Crippen LogP contribution in [0.25, 0.3) is 0 Å². The van der Waals surface area contributed by atoms with Crippen LogP contribution in [0, 0.1) is 24.2 Å². The number of benzene rings is 1. The summed E-state index contributed by atoms with van der Waals surface area (Å²) in [7, 11) is 0. The Kier molecular flexibility index (Phi) is 5.42. The number of ketones is 1. The van der Waals surface area contributed by atoms with Gasteiger partial charge in [-0.15, -0.1) is 0 Å². The first-order chi connectivity index (χ1) is 12.8. The van der Waals surface area contributed by atoms with E-state index < -0.39 is 11.0 Å². The van der Waals surface area contributed by atoms with E-state index in [2.05, 4.69) is 18.2 Å². The summed E-state index contributed by atoms with van der Waals surface area (Å²) in [5.74, 6) is -0.0514. The second kappa shape index (κ2) is 7.46. The first kappa shape index (κ1) is 19.6. The maximum atomic E-state index is 12.2. The number of hydrogen-bond acceptors (Lipinski definition) is 4. The number of esters is 1. The summed E-state index contributed by atoms with van der Waals surface area (Å²) in [6, 6.07) is 8.59. The minimum atomic E-state index is -0.624. The molecule has 0 spiro atoms. The number of carbonyl (C=O) groups is 2. The molecule has 0 radical (unpaired) electrons. The number of cyclic esters (lactones) is 1. The van der Waals surface area contributed by atoms with Crippen molar-refractivity contribution in [1.29, 1.82) is 5.26 Å². The average Bonchev–Trinajstić information content (AvgIpc) is 3.14. The summed E-state index contributed by atoms with van der Waals surface area (Å²) in [4.78, 5) is 24.2. The molecule has 2 aliphatic rings. The third-order valence-corrected chi connectivity index (χ3v) is 6.33. The van der Waals surface area contributed by atoms with Crippen molar-refractivity contribution < 1.29 is 14.3 Å². The molecule has 2 fully saturated rings. The van der Waals surface area contributed by atoms with Crippen molar-refractivity contribution in [2.75, 3.05) is 0 Å². The Balaban J connectivity index is 1.80. The molecule has 0 bridgehead atoms. The number of aryl methyl sites for hydroxylation is 2. The highest BCUT2D eigenvalue weighted by Gasteiger charge is 2.47. The van der Waals surface area contributed by atoms with Gasteiger partial charge in [-0.3, -0.25) is 9.59 Å². The maximum absolute atomic E-state index is 12.2. The molecule has 4 nitrogen and oxygen atoms in total. The normalized spacial score (nSPS) is 23.9. The lowest BCUT2D eigenvalue weighted by Crippen LogP contribution is -2.48. The van der Waals surface area contributed by atoms with E-state index in [1.807, 2.05) is 26.8 Å². The van der Waals surface area contributed by atoms with Crippen molar-refractivity contribution in [3.05, 3.63) is 34.9 Å². The fourth-order valence-corrected chi connectivity index (χ4v) is 4.88. The van der Waals surface area contributed by atoms with Gasteiger partial charge in [-0.25, -0.2) is 0 Å². The van der Waals surface area contributed by atoms with Gasteiger partial charge in [0.2, 0.25) is 0 Å². The number of nitriles is 1. The van der Waals surface area contributed by atoms with E-state index >= 15 is 0 Å². The minimum Gasteiger partial charge on any atom is -0.458 e. The molecular formula is C23H29NO3. The summed E-state index contributed by atoms with van der Waals surface area (Å²) in [5, 5.41) is 9.39. The van der Waals surface area contributed by atoms with Crippen molar-refractivity contribution in [2.24, 2.45) is 5.92 Å². The number of Topliss-reactive ketones (excluding diaryl/α,β-unsaturated/α-hetero) is 1. The van der Waals surface area contributed by atoms with E-state index in [0.717, 1.165) is 48.8 Å². The SMILES string of the molecule is Cc1cc(CCC2(C3CCCC3)CC(=O)CC(=O)O2)ccc1C(C)(C)C#N. The molecule has 1 heterocycles. The van der Waals surface area contributed by atoms with Gasteiger partial charge in [0.05, 0.1) is 11.5 Å². The van der Waals surface area contributed by atoms with E-state index in [9.17, 15) is 14.9 Å². The highest BCUT2D eigenvalue weighted by atomic mass is 16.6. The molecule has 1 atom stereocenters. The van der Waals surface area contributed by atoms with Gasteiger partial charge in [0, 0.05) is 6.42 Å². The zero-order valence-electron chi connectivity index (χ0n) is 16.6. The van der Waals surface area contributed by atoms with E-state index in [1.165, 1.54) is 0 Å². The van der Waals surface area contributed by atoms with Crippen LogP contribution in [0.3, 0.4) is 0 Å². The van der Waals surface area contributed by atoms with Crippen LogP contribution >= 0.6 is 0 Å². The minimum absolute atomic E-state index is 0.0143. The van der Waals surface area contributed by atoms with Crippen molar-refractivity contribution in [1.82, 2.24) is 0 Å². The van der Waals surface area contributed by atoms with Crippen molar-refractivity contribution >= 4 is 11.8 Å². The summed E-state index contributed by atoms with van der Waals surface area (Å²) in [6.07, 6.45) is 6.11. The molecule has 0 aromatic heterocycles. The van der Waals surface area contributed by atoms with Crippen LogP contribution in [0.2, 0.25) is 0 Å². The van der Waals surface area contributed by atoms with E-state index in [1.54, 1.807) is 0 Å². The molecule has 0 amide bonds. The molecule has 4 heteroatoms. The number of nitrogens with zero attached hydrogens (tertiary/aromatic N) is 1. The quantitative estimate of drug-likeness (QED) is 0.565. The lowest BCUT2D eigenvalue weighted by Gasteiger charge is -2.41. The fraction of sp³-hybridized carbons (Fsp3) is 0.609. The second-order valence-corrected chi connectivity index (χ2v) is 8.80. The second-order valence-electron chi connectivity index (χ2n) is 8.80. The Morgan fingerprint density at radius 1 is 1.26 bits per heavy atom. The largest absolute Gasteiger partial charge is 0.458 e. The molecule has 0 N–H and O–H groups in total. The molecule has 1 saturated carbocycles. The van der Waals surface area contributed by atoms with Crippen LogP contribution in [0.4, 0.5) is 0 Å². The first-order valence-corrected chi connectivity index (χ1v) is 10.0. The van der Waals surface area contributed by atoms with Crippen LogP contribution in [-0.4, -0.2) is 17.4 Å². The molecule has 1 unspecified atom stereocenters.